The summed E-state index contributed by atoms with van der Waals surface area (Å²) < 4.78 is 10.1. The Morgan fingerprint density at radius 1 is 1.52 bits per heavy atom. The number of aryl methyl sites for hydroxylation is 1. The summed E-state index contributed by atoms with van der Waals surface area (Å²) in [7, 11) is 1.55. The van der Waals surface area contributed by atoms with E-state index in [1.807, 2.05) is 13.8 Å². The van der Waals surface area contributed by atoms with Gasteiger partial charge in [0.2, 0.25) is 5.91 Å². The molecule has 112 valence electrons. The minimum atomic E-state index is -0.302. The van der Waals surface area contributed by atoms with E-state index in [-0.39, 0.29) is 11.2 Å². The van der Waals surface area contributed by atoms with Crippen LogP contribution in [0.15, 0.2) is 22.5 Å². The Morgan fingerprint density at radius 3 is 2.90 bits per heavy atom. The second kappa shape index (κ2) is 6.77. The molecule has 0 aliphatic heterocycles. The van der Waals surface area contributed by atoms with Gasteiger partial charge in [-0.15, -0.1) is 0 Å². The highest BCUT2D eigenvalue weighted by atomic mass is 32.2. The van der Waals surface area contributed by atoms with Gasteiger partial charge in [0.1, 0.15) is 11.6 Å². The van der Waals surface area contributed by atoms with E-state index >= 15 is 0 Å². The molecule has 0 saturated heterocycles. The first-order valence-electron chi connectivity index (χ1n) is 6.21. The molecule has 1 amide bonds. The normalized spacial score (nSPS) is 12.0. The number of hydrogen-bond acceptors (Lipinski definition) is 7. The molecule has 1 atom stereocenters. The minimum Gasteiger partial charge on any atom is -0.495 e. The summed E-state index contributed by atoms with van der Waals surface area (Å²) in [6.07, 6.45) is 0. The first kappa shape index (κ1) is 15.6. The largest absolute Gasteiger partial charge is 0.495 e. The van der Waals surface area contributed by atoms with Crippen molar-refractivity contribution in [3.8, 4) is 5.75 Å². The molecule has 3 N–H and O–H groups in total. The van der Waals surface area contributed by atoms with E-state index in [1.54, 1.807) is 25.3 Å². The average molecular weight is 324 g/mol. The third-order valence-corrected chi connectivity index (χ3v) is 4.61. The number of carbonyl (C=O) groups excluding carboxylic acids is 1. The molecule has 21 heavy (non-hydrogen) atoms. The van der Waals surface area contributed by atoms with Crippen molar-refractivity contribution in [3.63, 3.8) is 0 Å². The number of nitrogen functional groups attached to an aromatic ring is 1. The lowest BCUT2D eigenvalue weighted by molar-refractivity contribution is -0.115. The maximum absolute atomic E-state index is 12.2. The van der Waals surface area contributed by atoms with Gasteiger partial charge in [-0.05, 0) is 43.6 Å². The van der Waals surface area contributed by atoms with Crippen molar-refractivity contribution in [2.45, 2.75) is 23.4 Å². The molecular formula is C13H16N4O2S2. The van der Waals surface area contributed by atoms with Gasteiger partial charge in [0.25, 0.3) is 0 Å². The lowest BCUT2D eigenvalue weighted by Crippen LogP contribution is -2.22. The summed E-state index contributed by atoms with van der Waals surface area (Å²) in [4.78, 5) is 16.5. The minimum absolute atomic E-state index is 0.142. The molecule has 1 aromatic carbocycles. The lowest BCUT2D eigenvalue weighted by Gasteiger charge is -2.13. The Kier molecular flexibility index (Phi) is 5.03. The van der Waals surface area contributed by atoms with Gasteiger partial charge in [0.05, 0.1) is 18.0 Å². The number of nitrogens with two attached hydrogens (primary N) is 1. The average Bonchev–Trinajstić information content (AvgIpc) is 2.84. The Bertz CT molecular complexity index is 645. The van der Waals surface area contributed by atoms with E-state index in [2.05, 4.69) is 14.7 Å². The molecule has 0 aliphatic carbocycles. The highest BCUT2D eigenvalue weighted by Gasteiger charge is 2.18. The van der Waals surface area contributed by atoms with Gasteiger partial charge in [-0.25, -0.2) is 4.98 Å². The molecule has 1 heterocycles. The van der Waals surface area contributed by atoms with E-state index < -0.39 is 0 Å². The second-order valence-corrected chi connectivity index (χ2v) is 6.66. The number of nitrogens with one attached hydrogen (secondary N) is 1. The van der Waals surface area contributed by atoms with Crippen LogP contribution in [0.1, 0.15) is 12.7 Å². The van der Waals surface area contributed by atoms with Gasteiger partial charge in [-0.1, -0.05) is 11.8 Å². The van der Waals surface area contributed by atoms with E-state index in [0.717, 1.165) is 4.34 Å². The van der Waals surface area contributed by atoms with Crippen LogP contribution in [0.3, 0.4) is 0 Å². The third kappa shape index (κ3) is 4.08. The topological polar surface area (TPSA) is 90.1 Å². The van der Waals surface area contributed by atoms with Gasteiger partial charge in [-0.3, -0.25) is 4.79 Å². The molecule has 0 radical (unpaired) electrons. The summed E-state index contributed by atoms with van der Waals surface area (Å²) in [5.41, 5.74) is 6.85. The lowest BCUT2D eigenvalue weighted by atomic mass is 10.2. The fourth-order valence-electron chi connectivity index (χ4n) is 1.59. The first-order chi connectivity index (χ1) is 9.99. The standard InChI is InChI=1S/C13H16N4O2S2/c1-7(20-13-15-8(2)17-21-13)12(18)16-10-6-9(14)4-5-11(10)19-3/h4-7H,14H2,1-3H3,(H,16,18). The SMILES string of the molecule is COc1ccc(N)cc1NC(=O)C(C)Sc1nc(C)ns1. The number of aromatic nitrogens is 2. The zero-order valence-electron chi connectivity index (χ0n) is 11.9. The number of methoxy groups -OCH3 is 1. The van der Waals surface area contributed by atoms with Crippen LogP contribution in [0.25, 0.3) is 0 Å². The number of ether oxygens (including phenoxy) is 1. The van der Waals surface area contributed by atoms with Crippen LogP contribution in [0.2, 0.25) is 0 Å². The van der Waals surface area contributed by atoms with Crippen LogP contribution in [-0.4, -0.2) is 27.6 Å². The van der Waals surface area contributed by atoms with Crippen LogP contribution < -0.4 is 15.8 Å². The van der Waals surface area contributed by atoms with Crippen molar-refractivity contribution >= 4 is 40.6 Å². The molecule has 0 saturated carbocycles. The second-order valence-electron chi connectivity index (χ2n) is 4.32. The van der Waals surface area contributed by atoms with Crippen LogP contribution in [-0.2, 0) is 4.79 Å². The monoisotopic (exact) mass is 324 g/mol. The van der Waals surface area contributed by atoms with Gasteiger partial charge >= 0.3 is 0 Å². The first-order valence-corrected chi connectivity index (χ1v) is 7.86. The molecule has 8 heteroatoms. The van der Waals surface area contributed by atoms with Crippen molar-refractivity contribution in [2.24, 2.45) is 0 Å². The Balaban J connectivity index is 2.05. The molecule has 6 nitrogen and oxygen atoms in total. The molecule has 2 aromatic rings. The summed E-state index contributed by atoms with van der Waals surface area (Å²) in [5, 5.41) is 2.52. The Labute approximate surface area is 131 Å². The van der Waals surface area contributed by atoms with E-state index in [1.165, 1.54) is 23.3 Å². The number of rotatable bonds is 5. The van der Waals surface area contributed by atoms with Crippen molar-refractivity contribution in [3.05, 3.63) is 24.0 Å². The Morgan fingerprint density at radius 2 is 2.29 bits per heavy atom. The van der Waals surface area contributed by atoms with Crippen LogP contribution in [0, 0.1) is 6.92 Å². The molecule has 0 fully saturated rings. The molecule has 2 rings (SSSR count). The zero-order valence-corrected chi connectivity index (χ0v) is 13.5. The molecule has 0 spiro atoms. The fraction of sp³-hybridized carbons (Fsp3) is 0.308. The quantitative estimate of drug-likeness (QED) is 0.649. The van der Waals surface area contributed by atoms with E-state index in [9.17, 15) is 4.79 Å². The summed E-state index contributed by atoms with van der Waals surface area (Å²) in [6.45, 7) is 3.64. The predicted molar refractivity (Wildman–Crippen MR) is 86.0 cm³/mol. The van der Waals surface area contributed by atoms with Crippen molar-refractivity contribution in [2.75, 3.05) is 18.2 Å². The number of carbonyl (C=O) groups is 1. The number of thioether (sulfide) groups is 1. The van der Waals surface area contributed by atoms with Crippen LogP contribution >= 0.6 is 23.3 Å². The molecular weight excluding hydrogens is 308 g/mol. The molecule has 0 bridgehead atoms. The highest BCUT2D eigenvalue weighted by Crippen LogP contribution is 2.29. The van der Waals surface area contributed by atoms with Crippen molar-refractivity contribution < 1.29 is 9.53 Å². The van der Waals surface area contributed by atoms with Crippen LogP contribution in [0.5, 0.6) is 5.75 Å². The number of amides is 1. The number of anilines is 2. The maximum Gasteiger partial charge on any atom is 0.237 e. The smallest absolute Gasteiger partial charge is 0.237 e. The van der Waals surface area contributed by atoms with Crippen LogP contribution in [0.4, 0.5) is 11.4 Å². The number of hydrogen-bond donors (Lipinski definition) is 2. The van der Waals surface area contributed by atoms with Crippen molar-refractivity contribution in [1.82, 2.24) is 9.36 Å². The van der Waals surface area contributed by atoms with Crippen molar-refractivity contribution in [1.29, 1.82) is 0 Å². The van der Waals surface area contributed by atoms with E-state index in [0.29, 0.717) is 22.9 Å². The third-order valence-electron chi connectivity index (χ3n) is 2.64. The summed E-state index contributed by atoms with van der Waals surface area (Å²) >= 11 is 2.66. The molecule has 0 aliphatic rings. The summed E-state index contributed by atoms with van der Waals surface area (Å²) in [6, 6.07) is 5.11. The zero-order chi connectivity index (χ0) is 15.4. The predicted octanol–water partition coefficient (Wildman–Crippen LogP) is 2.56. The van der Waals surface area contributed by atoms with Gasteiger partial charge in [-0.2, -0.15) is 4.37 Å². The van der Waals surface area contributed by atoms with E-state index in [4.69, 9.17) is 10.5 Å². The highest BCUT2D eigenvalue weighted by molar-refractivity contribution is 8.02. The van der Waals surface area contributed by atoms with Gasteiger partial charge in [0, 0.05) is 5.69 Å². The molecule has 1 unspecified atom stereocenters. The van der Waals surface area contributed by atoms with Gasteiger partial charge < -0.3 is 15.8 Å². The fourth-order valence-corrected chi connectivity index (χ4v) is 3.38. The number of benzene rings is 1. The Hall–Kier alpha value is -1.80. The number of nitrogens with zero attached hydrogens (tertiary/aromatic N) is 2. The van der Waals surface area contributed by atoms with Gasteiger partial charge in [0.15, 0.2) is 4.34 Å². The maximum atomic E-state index is 12.2. The molecule has 1 aromatic heterocycles. The summed E-state index contributed by atoms with van der Waals surface area (Å²) in [5.74, 6) is 1.14.